The summed E-state index contributed by atoms with van der Waals surface area (Å²) in [6.07, 6.45) is 58.5. The summed E-state index contributed by atoms with van der Waals surface area (Å²) in [6.45, 7) is 3.46. The lowest BCUT2D eigenvalue weighted by Gasteiger charge is -2.41. The van der Waals surface area contributed by atoms with Crippen LogP contribution in [0.25, 0.3) is 0 Å². The molecule has 13 heteroatoms. The van der Waals surface area contributed by atoms with Gasteiger partial charge < -0.3 is 35.2 Å². The molecule has 12 nitrogen and oxygen atoms in total. The normalized spacial score (nSPS) is 18.9. The molecule has 6 N–H and O–H groups in total. The van der Waals surface area contributed by atoms with E-state index < -0.39 is 59.9 Å². The lowest BCUT2D eigenvalue weighted by molar-refractivity contribution is -0.298. The van der Waals surface area contributed by atoms with E-state index in [0.29, 0.717) is 6.42 Å². The molecule has 7 unspecified atom stereocenters. The van der Waals surface area contributed by atoms with Gasteiger partial charge in [0, 0.05) is 6.42 Å². The fourth-order valence-electron chi connectivity index (χ4n) is 11.0. The van der Waals surface area contributed by atoms with E-state index in [0.717, 1.165) is 38.5 Å². The molecule has 0 bridgehead atoms. The van der Waals surface area contributed by atoms with E-state index in [1.165, 1.54) is 270 Å². The van der Waals surface area contributed by atoms with E-state index >= 15 is 0 Å². The third kappa shape index (κ3) is 46.1. The number of unbranched alkanes of at least 4 members (excludes halogenated alkanes) is 47. The van der Waals surface area contributed by atoms with Crippen LogP contribution in [0.4, 0.5) is 0 Å². The van der Waals surface area contributed by atoms with Crippen molar-refractivity contribution in [3.63, 3.8) is 0 Å². The van der Waals surface area contributed by atoms with Crippen LogP contribution in [0.5, 0.6) is 0 Å². The number of hydrogen-bond donors (Lipinski definition) is 6. The highest BCUT2D eigenvalue weighted by Gasteiger charge is 2.48. The van der Waals surface area contributed by atoms with E-state index in [1.54, 1.807) is 6.08 Å². The van der Waals surface area contributed by atoms with Crippen LogP contribution in [0.1, 0.15) is 335 Å². The first-order valence-electron chi connectivity index (χ1n) is 33.1. The summed E-state index contributed by atoms with van der Waals surface area (Å²) in [5, 5.41) is 45.1. The maximum absolute atomic E-state index is 13.2. The van der Waals surface area contributed by atoms with Gasteiger partial charge >= 0.3 is 10.4 Å². The molecule has 0 saturated carbocycles. The highest BCUT2D eigenvalue weighted by molar-refractivity contribution is 7.80. The highest BCUT2D eigenvalue weighted by Crippen LogP contribution is 2.26. The number of rotatable bonds is 59. The molecule has 7 atom stereocenters. The van der Waals surface area contributed by atoms with Crippen molar-refractivity contribution in [1.82, 2.24) is 5.32 Å². The van der Waals surface area contributed by atoms with Crippen molar-refractivity contribution in [2.24, 2.45) is 0 Å². The number of ether oxygens (including phenoxy) is 2. The van der Waals surface area contributed by atoms with Crippen molar-refractivity contribution in [3.05, 3.63) is 12.2 Å². The van der Waals surface area contributed by atoms with Crippen molar-refractivity contribution in [2.75, 3.05) is 13.2 Å². The third-order valence-corrected chi connectivity index (χ3v) is 16.5. The van der Waals surface area contributed by atoms with Gasteiger partial charge in [0.2, 0.25) is 5.91 Å². The Kier molecular flexibility index (Phi) is 51.9. The van der Waals surface area contributed by atoms with Gasteiger partial charge in [0.15, 0.2) is 6.29 Å². The van der Waals surface area contributed by atoms with Gasteiger partial charge in [-0.05, 0) is 19.3 Å². The van der Waals surface area contributed by atoms with Crippen LogP contribution in [0, 0.1) is 0 Å². The molecule has 1 amide bonds. The predicted octanol–water partition coefficient (Wildman–Crippen LogP) is 16.6. The van der Waals surface area contributed by atoms with Crippen molar-refractivity contribution in [2.45, 2.75) is 378 Å². The van der Waals surface area contributed by atoms with Crippen molar-refractivity contribution < 1.29 is 51.8 Å². The van der Waals surface area contributed by atoms with Gasteiger partial charge in [-0.1, -0.05) is 321 Å². The summed E-state index contributed by atoms with van der Waals surface area (Å²) < 4.78 is 48.0. The Bertz CT molecular complexity index is 1400. The Hall–Kier alpha value is -1.16. The maximum atomic E-state index is 13.2. The maximum Gasteiger partial charge on any atom is 0.397 e. The zero-order chi connectivity index (χ0) is 56.1. The molecule has 0 spiro atoms. The second-order valence-corrected chi connectivity index (χ2v) is 24.5. The SMILES string of the molecule is CCCCCCCCCCCCCCCCCCCC/C=C/C(O)C(COC1OC(CO)C(O)C(OS(=O)(=O)O)C1O)NC(=O)CCCCCCCCCCCCCCCCCCCCCCCCCCCCCCCC. The second kappa shape index (κ2) is 54.1. The van der Waals surface area contributed by atoms with Crippen LogP contribution in [-0.2, 0) is 28.9 Å². The van der Waals surface area contributed by atoms with Crippen LogP contribution in [0.2, 0.25) is 0 Å². The molecule has 1 fully saturated rings. The van der Waals surface area contributed by atoms with Gasteiger partial charge in [-0.2, -0.15) is 8.42 Å². The molecule has 1 heterocycles. The summed E-state index contributed by atoms with van der Waals surface area (Å²) in [5.74, 6) is -0.254. The lowest BCUT2D eigenvalue weighted by Crippen LogP contribution is -2.61. The minimum atomic E-state index is -5.09. The first-order valence-corrected chi connectivity index (χ1v) is 34.4. The summed E-state index contributed by atoms with van der Waals surface area (Å²) >= 11 is 0. The van der Waals surface area contributed by atoms with Gasteiger partial charge in [0.25, 0.3) is 0 Å². The Balaban J connectivity index is 2.26. The van der Waals surface area contributed by atoms with Crippen molar-refractivity contribution in [3.8, 4) is 0 Å². The molecule has 458 valence electrons. The number of aliphatic hydroxyl groups excluding tert-OH is 4. The van der Waals surface area contributed by atoms with Crippen LogP contribution in [-0.4, -0.2) is 95.4 Å². The minimum absolute atomic E-state index is 0.254. The summed E-state index contributed by atoms with van der Waals surface area (Å²) in [6, 6.07) is -0.941. The van der Waals surface area contributed by atoms with E-state index in [1.807, 2.05) is 6.08 Å². The third-order valence-electron chi connectivity index (χ3n) is 16.1. The standard InChI is InChI=1S/C64H125NO11S/c1-3-5-7-9-11-13-15-17-19-21-23-25-26-27-28-29-30-31-32-33-34-36-38-40-42-44-46-48-50-52-54-60(68)65-57(56-74-64-62(70)63(76-77(71,72)73)61(69)59(55-66)75-64)58(67)53-51-49-47-45-43-41-39-37-35-24-22-20-18-16-14-12-10-8-6-4-2/h51,53,57-59,61-64,66-67,69-70H,3-50,52,54-56H2,1-2H3,(H,65,68)(H,71,72,73)/b53-51+. The van der Waals surface area contributed by atoms with E-state index in [2.05, 4.69) is 23.3 Å². The molecule has 1 saturated heterocycles. The van der Waals surface area contributed by atoms with Crippen molar-refractivity contribution >= 4 is 16.3 Å². The smallest absolute Gasteiger partial charge is 0.394 e. The molecule has 0 radical (unpaired) electrons. The number of hydrogen-bond acceptors (Lipinski definition) is 10. The van der Waals surface area contributed by atoms with Crippen LogP contribution in [0.15, 0.2) is 12.2 Å². The van der Waals surface area contributed by atoms with E-state index in [4.69, 9.17) is 9.47 Å². The second-order valence-electron chi connectivity index (χ2n) is 23.4. The lowest BCUT2D eigenvalue weighted by atomic mass is 9.99. The zero-order valence-electron chi connectivity index (χ0n) is 50.1. The van der Waals surface area contributed by atoms with E-state index in [9.17, 15) is 38.2 Å². The molecule has 1 aliphatic heterocycles. The average molecular weight is 1120 g/mol. The number of amides is 1. The van der Waals surface area contributed by atoms with Gasteiger partial charge in [-0.15, -0.1) is 0 Å². The van der Waals surface area contributed by atoms with Gasteiger partial charge in [-0.25, -0.2) is 4.18 Å². The summed E-state index contributed by atoms with van der Waals surface area (Å²) in [4.78, 5) is 13.2. The fourth-order valence-corrected chi connectivity index (χ4v) is 11.5. The van der Waals surface area contributed by atoms with Crippen LogP contribution < -0.4 is 5.32 Å². The minimum Gasteiger partial charge on any atom is -0.394 e. The molecule has 1 aliphatic rings. The number of carbonyl (C=O) groups excluding carboxylic acids is 1. The first kappa shape index (κ1) is 73.9. The molecular weight excluding hydrogens is 991 g/mol. The Morgan fingerprint density at radius 3 is 1.13 bits per heavy atom. The topological polar surface area (TPSA) is 192 Å². The Morgan fingerprint density at radius 2 is 0.818 bits per heavy atom. The molecule has 0 aromatic rings. The molecule has 0 aromatic carbocycles. The van der Waals surface area contributed by atoms with Gasteiger partial charge in [0.1, 0.15) is 24.4 Å². The van der Waals surface area contributed by atoms with Gasteiger partial charge in [0.05, 0.1) is 25.4 Å². The van der Waals surface area contributed by atoms with Crippen LogP contribution in [0.3, 0.4) is 0 Å². The summed E-state index contributed by atoms with van der Waals surface area (Å²) in [7, 11) is -5.09. The Morgan fingerprint density at radius 1 is 0.506 bits per heavy atom. The summed E-state index contributed by atoms with van der Waals surface area (Å²) in [5.41, 5.74) is 0. The molecule has 0 aromatic heterocycles. The quantitative estimate of drug-likeness (QED) is 0.0193. The van der Waals surface area contributed by atoms with E-state index in [-0.39, 0.29) is 18.9 Å². The predicted molar refractivity (Wildman–Crippen MR) is 319 cm³/mol. The van der Waals surface area contributed by atoms with Gasteiger partial charge in [-0.3, -0.25) is 9.35 Å². The number of aliphatic hydroxyl groups is 4. The molecular formula is C64H125NO11S. The fraction of sp³-hybridized carbons (Fsp3) is 0.953. The monoisotopic (exact) mass is 1120 g/mol. The number of carbonyl (C=O) groups is 1. The number of allylic oxidation sites excluding steroid dienone is 1. The van der Waals surface area contributed by atoms with Crippen LogP contribution >= 0.6 is 0 Å². The molecule has 0 aliphatic carbocycles. The number of nitrogens with one attached hydrogen (secondary N) is 1. The highest BCUT2D eigenvalue weighted by atomic mass is 32.3. The zero-order valence-corrected chi connectivity index (χ0v) is 50.9. The molecule has 77 heavy (non-hydrogen) atoms. The largest absolute Gasteiger partial charge is 0.397 e. The first-order chi connectivity index (χ1) is 37.5. The molecule has 1 rings (SSSR count). The Labute approximate surface area is 474 Å². The average Bonchev–Trinajstić information content (AvgIpc) is 3.41. The van der Waals surface area contributed by atoms with Crippen molar-refractivity contribution in [1.29, 1.82) is 0 Å².